The monoisotopic (exact) mass is 299 g/mol. The minimum Gasteiger partial charge on any atom is -0.324 e. The van der Waals surface area contributed by atoms with Gasteiger partial charge in [0.2, 0.25) is 5.91 Å². The van der Waals surface area contributed by atoms with Crippen molar-refractivity contribution >= 4 is 23.2 Å². The Kier molecular flexibility index (Phi) is 4.96. The van der Waals surface area contributed by atoms with Gasteiger partial charge >= 0.3 is 0 Å². The molecule has 1 saturated heterocycles. The van der Waals surface area contributed by atoms with Crippen LogP contribution in [0.15, 0.2) is 18.2 Å². The van der Waals surface area contributed by atoms with Gasteiger partial charge in [0.25, 0.3) is 0 Å². The largest absolute Gasteiger partial charge is 0.324 e. The lowest BCUT2D eigenvalue weighted by molar-refractivity contribution is -0.118. The van der Waals surface area contributed by atoms with Gasteiger partial charge in [0.1, 0.15) is 5.82 Å². The molecule has 1 fully saturated rings. The number of nitrogens with zero attached hydrogens (tertiary/aromatic N) is 1. The van der Waals surface area contributed by atoms with E-state index in [1.165, 1.54) is 18.2 Å². The molecule has 0 saturated carbocycles. The zero-order valence-corrected chi connectivity index (χ0v) is 12.4. The van der Waals surface area contributed by atoms with Crippen LogP contribution >= 0.6 is 11.6 Å². The molecule has 0 radical (unpaired) electrons. The second kappa shape index (κ2) is 6.52. The summed E-state index contributed by atoms with van der Waals surface area (Å²) >= 11 is 5.89. The highest BCUT2D eigenvalue weighted by Gasteiger charge is 2.24. The lowest BCUT2D eigenvalue weighted by Gasteiger charge is -2.36. The summed E-state index contributed by atoms with van der Waals surface area (Å²) in [5.74, 6) is -0.558. The molecular weight excluding hydrogens is 281 g/mol. The van der Waals surface area contributed by atoms with E-state index in [0.29, 0.717) is 24.3 Å². The van der Waals surface area contributed by atoms with Crippen LogP contribution in [0.2, 0.25) is 5.02 Å². The number of carbonyl (C=O) groups excluding carboxylic acids is 1. The summed E-state index contributed by atoms with van der Waals surface area (Å²) in [5, 5.41) is 6.29. The second-order valence-electron chi connectivity index (χ2n) is 5.26. The van der Waals surface area contributed by atoms with Crippen molar-refractivity contribution in [3.63, 3.8) is 0 Å². The van der Waals surface area contributed by atoms with E-state index in [0.717, 1.165) is 13.1 Å². The molecule has 6 heteroatoms. The SMILES string of the molecule is CC1CN(CC(=O)Nc2ccc(F)cc2Cl)C(C)CN1. The molecule has 2 N–H and O–H groups in total. The summed E-state index contributed by atoms with van der Waals surface area (Å²) in [6.07, 6.45) is 0. The molecule has 0 bridgehead atoms. The summed E-state index contributed by atoms with van der Waals surface area (Å²) < 4.78 is 12.9. The highest BCUT2D eigenvalue weighted by atomic mass is 35.5. The predicted octanol–water partition coefficient (Wildman–Crippen LogP) is 2.10. The molecule has 2 unspecified atom stereocenters. The molecule has 0 aromatic heterocycles. The average Bonchev–Trinajstić information content (AvgIpc) is 2.37. The molecule has 0 aliphatic carbocycles. The van der Waals surface area contributed by atoms with Gasteiger partial charge < -0.3 is 10.6 Å². The number of rotatable bonds is 3. The van der Waals surface area contributed by atoms with Crippen LogP contribution in [-0.4, -0.2) is 42.5 Å². The van der Waals surface area contributed by atoms with Gasteiger partial charge in [-0.3, -0.25) is 9.69 Å². The topological polar surface area (TPSA) is 44.4 Å². The third kappa shape index (κ3) is 3.91. The van der Waals surface area contributed by atoms with Crippen molar-refractivity contribution in [1.29, 1.82) is 0 Å². The number of halogens is 2. The van der Waals surface area contributed by atoms with Crippen molar-refractivity contribution < 1.29 is 9.18 Å². The molecule has 2 atom stereocenters. The van der Waals surface area contributed by atoms with E-state index in [-0.39, 0.29) is 10.9 Å². The van der Waals surface area contributed by atoms with Crippen LogP contribution in [0.1, 0.15) is 13.8 Å². The molecular formula is C14H19ClFN3O. The fourth-order valence-corrected chi connectivity index (χ4v) is 2.50. The van der Waals surface area contributed by atoms with Crippen LogP contribution in [0.5, 0.6) is 0 Å². The number of piperazine rings is 1. The molecule has 1 aliphatic heterocycles. The smallest absolute Gasteiger partial charge is 0.238 e. The van der Waals surface area contributed by atoms with E-state index in [2.05, 4.69) is 29.4 Å². The number of hydrogen-bond acceptors (Lipinski definition) is 3. The van der Waals surface area contributed by atoms with Crippen molar-refractivity contribution in [2.45, 2.75) is 25.9 Å². The van der Waals surface area contributed by atoms with Crippen molar-refractivity contribution in [2.24, 2.45) is 0 Å². The van der Waals surface area contributed by atoms with Crippen LogP contribution in [0.4, 0.5) is 10.1 Å². The summed E-state index contributed by atoms with van der Waals surface area (Å²) in [5.41, 5.74) is 0.439. The van der Waals surface area contributed by atoms with Crippen LogP contribution in [0.3, 0.4) is 0 Å². The van der Waals surface area contributed by atoms with Crippen LogP contribution in [-0.2, 0) is 4.79 Å². The Hall–Kier alpha value is -1.17. The predicted molar refractivity (Wildman–Crippen MR) is 78.5 cm³/mol. The maximum Gasteiger partial charge on any atom is 0.238 e. The zero-order chi connectivity index (χ0) is 14.7. The number of carbonyl (C=O) groups is 1. The average molecular weight is 300 g/mol. The maximum atomic E-state index is 12.9. The number of amides is 1. The highest BCUT2D eigenvalue weighted by Crippen LogP contribution is 2.22. The highest BCUT2D eigenvalue weighted by molar-refractivity contribution is 6.33. The van der Waals surface area contributed by atoms with Gasteiger partial charge in [0.05, 0.1) is 17.3 Å². The molecule has 2 rings (SSSR count). The Labute approximate surface area is 123 Å². The maximum absolute atomic E-state index is 12.9. The van der Waals surface area contributed by atoms with Crippen LogP contribution in [0.25, 0.3) is 0 Å². The van der Waals surface area contributed by atoms with Crippen molar-refractivity contribution in [2.75, 3.05) is 25.0 Å². The Morgan fingerprint density at radius 3 is 3.00 bits per heavy atom. The van der Waals surface area contributed by atoms with Gasteiger partial charge in [0, 0.05) is 25.2 Å². The molecule has 1 aliphatic rings. The third-order valence-corrected chi connectivity index (χ3v) is 3.76. The van der Waals surface area contributed by atoms with Crippen molar-refractivity contribution in [3.8, 4) is 0 Å². The minimum atomic E-state index is -0.419. The van der Waals surface area contributed by atoms with Crippen LogP contribution in [0, 0.1) is 5.82 Å². The number of hydrogen-bond donors (Lipinski definition) is 2. The van der Waals surface area contributed by atoms with Gasteiger partial charge in [-0.2, -0.15) is 0 Å². The first-order valence-corrected chi connectivity index (χ1v) is 7.06. The lowest BCUT2D eigenvalue weighted by atomic mass is 10.1. The second-order valence-corrected chi connectivity index (χ2v) is 5.67. The van der Waals surface area contributed by atoms with E-state index in [1.807, 2.05) is 0 Å². The van der Waals surface area contributed by atoms with Gasteiger partial charge in [-0.1, -0.05) is 11.6 Å². The Bertz CT molecular complexity index is 497. The summed E-state index contributed by atoms with van der Waals surface area (Å²) in [7, 11) is 0. The van der Waals surface area contributed by atoms with Crippen LogP contribution < -0.4 is 10.6 Å². The standard InChI is InChI=1S/C14H19ClFN3O/c1-9-7-19(10(2)6-17-9)8-14(20)18-13-4-3-11(16)5-12(13)15/h3-5,9-10,17H,6-8H2,1-2H3,(H,18,20). The normalized spacial score (nSPS) is 23.6. The van der Waals surface area contributed by atoms with Gasteiger partial charge in [-0.25, -0.2) is 4.39 Å². The van der Waals surface area contributed by atoms with E-state index < -0.39 is 5.82 Å². The molecule has 1 aromatic carbocycles. The molecule has 0 spiro atoms. The van der Waals surface area contributed by atoms with Crippen molar-refractivity contribution in [3.05, 3.63) is 29.0 Å². The molecule has 1 heterocycles. The summed E-state index contributed by atoms with van der Waals surface area (Å²) in [6.45, 7) is 6.17. The van der Waals surface area contributed by atoms with E-state index in [4.69, 9.17) is 11.6 Å². The lowest BCUT2D eigenvalue weighted by Crippen LogP contribution is -2.55. The van der Waals surface area contributed by atoms with Gasteiger partial charge in [-0.15, -0.1) is 0 Å². The van der Waals surface area contributed by atoms with Crippen molar-refractivity contribution in [1.82, 2.24) is 10.2 Å². The number of nitrogens with one attached hydrogen (secondary N) is 2. The van der Waals surface area contributed by atoms with E-state index >= 15 is 0 Å². The molecule has 20 heavy (non-hydrogen) atoms. The van der Waals surface area contributed by atoms with E-state index in [1.54, 1.807) is 0 Å². The quantitative estimate of drug-likeness (QED) is 0.898. The Morgan fingerprint density at radius 2 is 2.30 bits per heavy atom. The molecule has 110 valence electrons. The number of benzene rings is 1. The first-order valence-electron chi connectivity index (χ1n) is 6.68. The molecule has 4 nitrogen and oxygen atoms in total. The zero-order valence-electron chi connectivity index (χ0n) is 11.6. The fourth-order valence-electron chi connectivity index (χ4n) is 2.28. The first kappa shape index (κ1) is 15.2. The minimum absolute atomic E-state index is 0.139. The molecule has 1 amide bonds. The Morgan fingerprint density at radius 1 is 1.55 bits per heavy atom. The molecule has 1 aromatic rings. The third-order valence-electron chi connectivity index (χ3n) is 3.45. The first-order chi connectivity index (χ1) is 9.45. The summed E-state index contributed by atoms with van der Waals surface area (Å²) in [6, 6.07) is 4.61. The fraction of sp³-hybridized carbons (Fsp3) is 0.500. The Balaban J connectivity index is 1.94. The van der Waals surface area contributed by atoms with Gasteiger partial charge in [-0.05, 0) is 32.0 Å². The van der Waals surface area contributed by atoms with E-state index in [9.17, 15) is 9.18 Å². The van der Waals surface area contributed by atoms with Gasteiger partial charge in [0.15, 0.2) is 0 Å². The number of anilines is 1. The summed E-state index contributed by atoms with van der Waals surface area (Å²) in [4.78, 5) is 14.2.